The first-order valence-corrected chi connectivity index (χ1v) is 6.96. The number of carbonyl (C=O) groups excluding carboxylic acids is 1. The fourth-order valence-corrected chi connectivity index (χ4v) is 3.72. The second-order valence-corrected chi connectivity index (χ2v) is 6.31. The van der Waals surface area contributed by atoms with Crippen LogP contribution in [0.3, 0.4) is 0 Å². The standard InChI is InChI=1S/C14H25NO3/c1-9(12-7-10-4-5-11(12)6-10)15-13(16)14(2,17)8-18-3/h9-12,17H,4-8H2,1-3H3,(H,15,16)/t9-,10+,11+,12-,14+/m1/s1. The van der Waals surface area contributed by atoms with Crippen LogP contribution in [0.25, 0.3) is 0 Å². The minimum absolute atomic E-state index is 0.0300. The van der Waals surface area contributed by atoms with Gasteiger partial charge in [-0.25, -0.2) is 0 Å². The lowest BCUT2D eigenvalue weighted by Gasteiger charge is -2.31. The molecular weight excluding hydrogens is 230 g/mol. The van der Waals surface area contributed by atoms with E-state index in [2.05, 4.69) is 12.2 Å². The summed E-state index contributed by atoms with van der Waals surface area (Å²) in [5, 5.41) is 12.9. The number of nitrogens with one attached hydrogen (secondary N) is 1. The Balaban J connectivity index is 1.87. The lowest BCUT2D eigenvalue weighted by Crippen LogP contribution is -2.52. The summed E-state index contributed by atoms with van der Waals surface area (Å²) in [5.41, 5.74) is -1.43. The predicted octanol–water partition coefficient (Wildman–Crippen LogP) is 1.32. The van der Waals surface area contributed by atoms with Crippen LogP contribution < -0.4 is 5.32 Å². The average molecular weight is 255 g/mol. The monoisotopic (exact) mass is 255 g/mol. The van der Waals surface area contributed by atoms with Gasteiger partial charge in [-0.3, -0.25) is 4.79 Å². The number of aliphatic hydroxyl groups is 1. The van der Waals surface area contributed by atoms with Crippen LogP contribution in [-0.2, 0) is 9.53 Å². The summed E-state index contributed by atoms with van der Waals surface area (Å²) in [6, 6.07) is 0.149. The third kappa shape index (κ3) is 2.69. The Morgan fingerprint density at radius 1 is 1.50 bits per heavy atom. The second-order valence-electron chi connectivity index (χ2n) is 6.31. The van der Waals surface area contributed by atoms with E-state index in [1.54, 1.807) is 0 Å². The first-order chi connectivity index (χ1) is 8.44. The largest absolute Gasteiger partial charge is 0.381 e. The smallest absolute Gasteiger partial charge is 0.254 e. The number of amides is 1. The Hall–Kier alpha value is -0.610. The van der Waals surface area contributed by atoms with Crippen LogP contribution in [0, 0.1) is 17.8 Å². The number of ether oxygens (including phenoxy) is 1. The molecule has 2 bridgehead atoms. The lowest BCUT2D eigenvalue weighted by molar-refractivity contribution is -0.144. The number of fused-ring (bicyclic) bond motifs is 2. The topological polar surface area (TPSA) is 58.6 Å². The molecule has 2 fully saturated rings. The Morgan fingerprint density at radius 2 is 2.22 bits per heavy atom. The molecule has 0 aromatic rings. The van der Waals surface area contributed by atoms with Crippen molar-refractivity contribution in [2.45, 2.75) is 51.2 Å². The van der Waals surface area contributed by atoms with E-state index >= 15 is 0 Å². The van der Waals surface area contributed by atoms with Crippen LogP contribution in [-0.4, -0.2) is 36.4 Å². The summed E-state index contributed by atoms with van der Waals surface area (Å²) < 4.78 is 4.87. The van der Waals surface area contributed by atoms with Crippen molar-refractivity contribution in [1.82, 2.24) is 5.32 Å². The van der Waals surface area contributed by atoms with Gasteiger partial charge in [0, 0.05) is 13.2 Å². The molecule has 104 valence electrons. The van der Waals surface area contributed by atoms with Gasteiger partial charge in [0.05, 0.1) is 6.61 Å². The fraction of sp³-hybridized carbons (Fsp3) is 0.929. The van der Waals surface area contributed by atoms with Crippen molar-refractivity contribution in [2.24, 2.45) is 17.8 Å². The molecule has 0 spiro atoms. The molecule has 0 saturated heterocycles. The minimum atomic E-state index is -1.43. The molecule has 2 aliphatic carbocycles. The highest BCUT2D eigenvalue weighted by Gasteiger charge is 2.43. The summed E-state index contributed by atoms with van der Waals surface area (Å²) in [6.45, 7) is 3.59. The molecule has 4 heteroatoms. The summed E-state index contributed by atoms with van der Waals surface area (Å²) in [4.78, 5) is 12.0. The van der Waals surface area contributed by atoms with E-state index in [-0.39, 0.29) is 18.6 Å². The molecule has 2 rings (SSSR count). The summed E-state index contributed by atoms with van der Waals surface area (Å²) in [5.74, 6) is 1.92. The minimum Gasteiger partial charge on any atom is -0.381 e. The van der Waals surface area contributed by atoms with Crippen LogP contribution in [0.1, 0.15) is 39.5 Å². The Bertz CT molecular complexity index is 316. The molecule has 2 saturated carbocycles. The van der Waals surface area contributed by atoms with Crippen molar-refractivity contribution in [2.75, 3.05) is 13.7 Å². The first-order valence-electron chi connectivity index (χ1n) is 6.96. The number of hydrogen-bond acceptors (Lipinski definition) is 3. The maximum absolute atomic E-state index is 12.0. The molecule has 2 N–H and O–H groups in total. The van der Waals surface area contributed by atoms with Crippen molar-refractivity contribution in [3.8, 4) is 0 Å². The predicted molar refractivity (Wildman–Crippen MR) is 69.0 cm³/mol. The van der Waals surface area contributed by atoms with Gasteiger partial charge in [0.25, 0.3) is 5.91 Å². The van der Waals surface area contributed by atoms with E-state index in [1.165, 1.54) is 39.7 Å². The van der Waals surface area contributed by atoms with Gasteiger partial charge in [-0.05, 0) is 50.9 Å². The number of carbonyl (C=O) groups is 1. The van der Waals surface area contributed by atoms with Crippen LogP contribution in [0.5, 0.6) is 0 Å². The Labute approximate surface area is 109 Å². The van der Waals surface area contributed by atoms with E-state index < -0.39 is 5.60 Å². The second kappa shape index (κ2) is 5.17. The maximum Gasteiger partial charge on any atom is 0.254 e. The Morgan fingerprint density at radius 3 is 2.72 bits per heavy atom. The molecule has 18 heavy (non-hydrogen) atoms. The van der Waals surface area contributed by atoms with Crippen LogP contribution in [0.2, 0.25) is 0 Å². The van der Waals surface area contributed by atoms with Gasteiger partial charge in [0.15, 0.2) is 5.60 Å². The molecule has 0 radical (unpaired) electrons. The third-order valence-electron chi connectivity index (χ3n) is 4.71. The van der Waals surface area contributed by atoms with Crippen molar-refractivity contribution >= 4 is 5.91 Å². The van der Waals surface area contributed by atoms with Crippen molar-refractivity contribution in [1.29, 1.82) is 0 Å². The van der Waals surface area contributed by atoms with Crippen molar-refractivity contribution in [3.63, 3.8) is 0 Å². The van der Waals surface area contributed by atoms with Gasteiger partial charge in [-0.1, -0.05) is 6.42 Å². The van der Waals surface area contributed by atoms with Gasteiger partial charge in [-0.2, -0.15) is 0 Å². The molecule has 1 amide bonds. The molecule has 4 nitrogen and oxygen atoms in total. The van der Waals surface area contributed by atoms with Crippen LogP contribution >= 0.6 is 0 Å². The van der Waals surface area contributed by atoms with Crippen LogP contribution in [0.4, 0.5) is 0 Å². The van der Waals surface area contributed by atoms with Gasteiger partial charge in [0.2, 0.25) is 0 Å². The zero-order chi connectivity index (χ0) is 13.3. The highest BCUT2D eigenvalue weighted by Crippen LogP contribution is 2.49. The van der Waals surface area contributed by atoms with E-state index in [4.69, 9.17) is 4.74 Å². The van der Waals surface area contributed by atoms with Gasteiger partial charge < -0.3 is 15.2 Å². The summed E-state index contributed by atoms with van der Waals surface area (Å²) in [6.07, 6.45) is 5.24. The van der Waals surface area contributed by atoms with E-state index in [0.717, 1.165) is 11.8 Å². The van der Waals surface area contributed by atoms with Crippen molar-refractivity contribution in [3.05, 3.63) is 0 Å². The fourth-order valence-electron chi connectivity index (χ4n) is 3.72. The molecular formula is C14H25NO3. The molecule has 0 unspecified atom stereocenters. The zero-order valence-electron chi connectivity index (χ0n) is 11.6. The highest BCUT2D eigenvalue weighted by molar-refractivity contribution is 5.84. The SMILES string of the molecule is COC[C@](C)(O)C(=O)N[C@H](C)[C@H]1C[C@H]2CC[C@H]1C2. The molecule has 2 aliphatic rings. The molecule has 5 atom stereocenters. The molecule has 0 aromatic carbocycles. The molecule has 0 aromatic heterocycles. The normalized spacial score (nSPS) is 35.2. The summed E-state index contributed by atoms with van der Waals surface area (Å²) >= 11 is 0. The number of methoxy groups -OCH3 is 1. The number of rotatable bonds is 5. The zero-order valence-corrected chi connectivity index (χ0v) is 11.6. The van der Waals surface area contributed by atoms with Gasteiger partial charge in [0.1, 0.15) is 0 Å². The average Bonchev–Trinajstić information content (AvgIpc) is 2.90. The van der Waals surface area contributed by atoms with Crippen LogP contribution in [0.15, 0.2) is 0 Å². The van der Waals surface area contributed by atoms with E-state index in [9.17, 15) is 9.90 Å². The van der Waals surface area contributed by atoms with Gasteiger partial charge >= 0.3 is 0 Å². The van der Waals surface area contributed by atoms with E-state index in [0.29, 0.717) is 5.92 Å². The van der Waals surface area contributed by atoms with Gasteiger partial charge in [-0.15, -0.1) is 0 Å². The quantitative estimate of drug-likeness (QED) is 0.779. The summed E-state index contributed by atoms with van der Waals surface area (Å²) in [7, 11) is 1.49. The highest BCUT2D eigenvalue weighted by atomic mass is 16.5. The van der Waals surface area contributed by atoms with E-state index in [1.807, 2.05) is 0 Å². The van der Waals surface area contributed by atoms with Crippen molar-refractivity contribution < 1.29 is 14.6 Å². The lowest BCUT2D eigenvalue weighted by atomic mass is 9.83. The third-order valence-corrected chi connectivity index (χ3v) is 4.71. The molecule has 0 heterocycles. The first kappa shape index (κ1) is 13.8. The maximum atomic E-state index is 12.0. The Kier molecular flexibility index (Phi) is 3.97. The molecule has 0 aliphatic heterocycles. The number of hydrogen-bond donors (Lipinski definition) is 2.